The van der Waals surface area contributed by atoms with Crippen LogP contribution in [0.1, 0.15) is 15.9 Å². The van der Waals surface area contributed by atoms with Crippen LogP contribution in [0.5, 0.6) is 0 Å². The number of carbonyl (C=O) groups is 2. The number of benzene rings is 2. The minimum absolute atomic E-state index is 0.00422. The van der Waals surface area contributed by atoms with Crippen LogP contribution in [-0.2, 0) is 26.0 Å². The molecule has 0 aliphatic carbocycles. The average molecular weight is 415 g/mol. The van der Waals surface area contributed by atoms with Crippen molar-refractivity contribution in [2.45, 2.75) is 11.3 Å². The molecule has 0 saturated carbocycles. The van der Waals surface area contributed by atoms with Crippen LogP contribution in [0.2, 0.25) is 5.02 Å². The van der Waals surface area contributed by atoms with Crippen molar-refractivity contribution in [3.8, 4) is 0 Å². The fourth-order valence-corrected chi connectivity index (χ4v) is 2.79. The molecular weight excluding hydrogens is 399 g/mol. The van der Waals surface area contributed by atoms with Gasteiger partial charge in [-0.05, 0) is 42.3 Å². The van der Waals surface area contributed by atoms with Crippen molar-refractivity contribution in [3.63, 3.8) is 0 Å². The summed E-state index contributed by atoms with van der Waals surface area (Å²) in [6.45, 7) is -0.341. The molecule has 0 radical (unpaired) electrons. The molecule has 0 aliphatic heterocycles. The van der Waals surface area contributed by atoms with Gasteiger partial charge in [0.15, 0.2) is 6.61 Å². The van der Waals surface area contributed by atoms with Crippen molar-refractivity contribution in [3.05, 3.63) is 64.4 Å². The number of rotatable bonds is 7. The van der Waals surface area contributed by atoms with Crippen LogP contribution in [-0.4, -0.2) is 33.4 Å². The van der Waals surface area contributed by atoms with Gasteiger partial charge in [0.05, 0.1) is 10.5 Å². The Kier molecular flexibility index (Phi) is 6.89. The number of sulfonamides is 1. The molecule has 0 aromatic heterocycles. The number of ether oxygens (including phenoxy) is 1. The van der Waals surface area contributed by atoms with E-state index in [0.29, 0.717) is 6.42 Å². The van der Waals surface area contributed by atoms with Gasteiger partial charge in [0.1, 0.15) is 5.82 Å². The second-order valence-electron chi connectivity index (χ2n) is 5.49. The minimum Gasteiger partial charge on any atom is -0.452 e. The summed E-state index contributed by atoms with van der Waals surface area (Å²) in [5.74, 6) is -2.36. The third kappa shape index (κ3) is 6.31. The molecule has 1 amide bonds. The van der Waals surface area contributed by atoms with Gasteiger partial charge in [-0.1, -0.05) is 23.7 Å². The third-order valence-electron chi connectivity index (χ3n) is 3.47. The predicted molar refractivity (Wildman–Crippen MR) is 96.2 cm³/mol. The molecule has 0 saturated heterocycles. The number of amides is 1. The minimum atomic E-state index is -3.75. The Balaban J connectivity index is 1.78. The Morgan fingerprint density at radius 2 is 1.81 bits per heavy atom. The van der Waals surface area contributed by atoms with Gasteiger partial charge in [-0.25, -0.2) is 22.7 Å². The van der Waals surface area contributed by atoms with E-state index in [1.54, 1.807) is 12.1 Å². The van der Waals surface area contributed by atoms with Gasteiger partial charge < -0.3 is 10.1 Å². The van der Waals surface area contributed by atoms with E-state index in [1.165, 1.54) is 18.2 Å². The highest BCUT2D eigenvalue weighted by Gasteiger charge is 2.15. The van der Waals surface area contributed by atoms with Crippen LogP contribution in [0.25, 0.3) is 0 Å². The molecule has 10 heteroatoms. The summed E-state index contributed by atoms with van der Waals surface area (Å²) in [6.07, 6.45) is 0.424. The number of nitrogens with one attached hydrogen (secondary N) is 1. The summed E-state index contributed by atoms with van der Waals surface area (Å²) in [5, 5.41) is 7.70. The highest BCUT2D eigenvalue weighted by atomic mass is 35.5. The van der Waals surface area contributed by atoms with E-state index in [9.17, 15) is 22.4 Å². The molecule has 7 nitrogen and oxygen atoms in total. The maximum Gasteiger partial charge on any atom is 0.341 e. The van der Waals surface area contributed by atoms with Crippen LogP contribution >= 0.6 is 11.6 Å². The number of halogens is 2. The average Bonchev–Trinajstić information content (AvgIpc) is 2.61. The molecule has 0 bridgehead atoms. The number of nitrogens with two attached hydrogens (primary N) is 1. The van der Waals surface area contributed by atoms with Crippen LogP contribution in [0, 0.1) is 5.82 Å². The number of hydrogen-bond donors (Lipinski definition) is 2. The molecule has 2 aromatic rings. The summed E-state index contributed by atoms with van der Waals surface area (Å²) in [4.78, 5) is 23.5. The zero-order valence-corrected chi connectivity index (χ0v) is 15.5. The summed E-state index contributed by atoms with van der Waals surface area (Å²) in [5.41, 5.74) is 0.422. The second kappa shape index (κ2) is 8.94. The fraction of sp³-hybridized carbons (Fsp3) is 0.176. The molecule has 3 N–H and O–H groups in total. The summed E-state index contributed by atoms with van der Waals surface area (Å²) < 4.78 is 40.6. The van der Waals surface area contributed by atoms with Crippen LogP contribution in [0.15, 0.2) is 47.4 Å². The maximum absolute atomic E-state index is 13.5. The topological polar surface area (TPSA) is 116 Å². The lowest BCUT2D eigenvalue weighted by Gasteiger charge is -2.08. The van der Waals surface area contributed by atoms with Gasteiger partial charge in [0.25, 0.3) is 5.91 Å². The van der Waals surface area contributed by atoms with Crippen molar-refractivity contribution in [2.24, 2.45) is 5.14 Å². The molecule has 2 aromatic carbocycles. The van der Waals surface area contributed by atoms with Gasteiger partial charge >= 0.3 is 5.97 Å². The second-order valence-corrected chi connectivity index (χ2v) is 7.49. The molecule has 0 heterocycles. The Bertz CT molecular complexity index is 948. The SMILES string of the molecule is NS(=O)(=O)c1ccc(CCNC(=O)COC(=O)c2cc(Cl)ccc2F)cc1. The normalized spacial score (nSPS) is 11.1. The Morgan fingerprint density at radius 3 is 2.44 bits per heavy atom. The van der Waals surface area contributed by atoms with E-state index in [2.05, 4.69) is 5.32 Å². The van der Waals surface area contributed by atoms with Gasteiger partial charge in [-0.2, -0.15) is 0 Å². The van der Waals surface area contributed by atoms with E-state index < -0.39 is 34.3 Å². The van der Waals surface area contributed by atoms with Gasteiger partial charge in [-0.15, -0.1) is 0 Å². The first-order valence-electron chi connectivity index (χ1n) is 7.67. The Morgan fingerprint density at radius 1 is 1.15 bits per heavy atom. The molecule has 144 valence electrons. The molecule has 27 heavy (non-hydrogen) atoms. The zero-order chi connectivity index (χ0) is 20.0. The van der Waals surface area contributed by atoms with Crippen LogP contribution in [0.3, 0.4) is 0 Å². The molecule has 0 unspecified atom stereocenters. The lowest BCUT2D eigenvalue weighted by molar-refractivity contribution is -0.124. The Hall–Kier alpha value is -2.49. The van der Waals surface area contributed by atoms with Crippen molar-refractivity contribution in [1.82, 2.24) is 5.32 Å². The van der Waals surface area contributed by atoms with Crippen molar-refractivity contribution < 1.29 is 27.1 Å². The van der Waals surface area contributed by atoms with E-state index in [-0.39, 0.29) is 22.0 Å². The first-order chi connectivity index (χ1) is 12.7. The zero-order valence-electron chi connectivity index (χ0n) is 13.9. The largest absolute Gasteiger partial charge is 0.452 e. The lowest BCUT2D eigenvalue weighted by atomic mass is 10.1. The highest BCUT2D eigenvalue weighted by molar-refractivity contribution is 7.89. The lowest BCUT2D eigenvalue weighted by Crippen LogP contribution is -2.30. The van der Waals surface area contributed by atoms with E-state index in [1.807, 2.05) is 0 Å². The predicted octanol–water partition coefficient (Wildman–Crippen LogP) is 1.64. The van der Waals surface area contributed by atoms with Gasteiger partial charge in [0.2, 0.25) is 10.0 Å². The monoisotopic (exact) mass is 414 g/mol. The molecule has 0 spiro atoms. The number of esters is 1. The summed E-state index contributed by atoms with van der Waals surface area (Å²) >= 11 is 5.69. The first kappa shape index (κ1) is 20.8. The van der Waals surface area contributed by atoms with Crippen molar-refractivity contribution >= 4 is 33.5 Å². The van der Waals surface area contributed by atoms with Crippen molar-refractivity contribution in [2.75, 3.05) is 13.2 Å². The molecular formula is C17H16ClFN2O5S. The highest BCUT2D eigenvalue weighted by Crippen LogP contribution is 2.15. The number of primary sulfonamides is 1. The smallest absolute Gasteiger partial charge is 0.341 e. The van der Waals surface area contributed by atoms with Crippen LogP contribution in [0.4, 0.5) is 4.39 Å². The quantitative estimate of drug-likeness (QED) is 0.668. The molecule has 0 aliphatic rings. The molecule has 0 fully saturated rings. The third-order valence-corrected chi connectivity index (χ3v) is 4.63. The van der Waals surface area contributed by atoms with Gasteiger partial charge in [0, 0.05) is 11.6 Å². The van der Waals surface area contributed by atoms with Gasteiger partial charge in [-0.3, -0.25) is 4.79 Å². The van der Waals surface area contributed by atoms with E-state index in [4.69, 9.17) is 21.5 Å². The fourth-order valence-electron chi connectivity index (χ4n) is 2.11. The number of carbonyl (C=O) groups excluding carboxylic acids is 2. The van der Waals surface area contributed by atoms with Crippen molar-refractivity contribution in [1.29, 1.82) is 0 Å². The number of hydrogen-bond acceptors (Lipinski definition) is 5. The maximum atomic E-state index is 13.5. The molecule has 2 rings (SSSR count). The standard InChI is InChI=1S/C17H16ClFN2O5S/c18-12-3-6-15(19)14(9-12)17(23)26-10-16(22)21-8-7-11-1-4-13(5-2-11)27(20,24)25/h1-6,9H,7-8,10H2,(H,21,22)(H2,20,24,25). The van der Waals surface area contributed by atoms with E-state index in [0.717, 1.165) is 17.7 Å². The first-order valence-corrected chi connectivity index (χ1v) is 9.60. The molecule has 0 atom stereocenters. The summed E-state index contributed by atoms with van der Waals surface area (Å²) in [7, 11) is -3.75. The Labute approximate surface area is 160 Å². The van der Waals surface area contributed by atoms with Crippen LogP contribution < -0.4 is 10.5 Å². The summed E-state index contributed by atoms with van der Waals surface area (Å²) in [6, 6.07) is 9.32. The van der Waals surface area contributed by atoms with E-state index >= 15 is 0 Å².